The molecular weight excluding hydrogens is 556 g/mol. The zero-order valence-corrected chi connectivity index (χ0v) is 23.2. The third-order valence-corrected chi connectivity index (χ3v) is 7.39. The molecule has 0 bridgehead atoms. The lowest BCUT2D eigenvalue weighted by Gasteiger charge is -2.13. The minimum absolute atomic E-state index is 0.104. The van der Waals surface area contributed by atoms with Gasteiger partial charge in [0.05, 0.1) is 24.0 Å². The van der Waals surface area contributed by atoms with E-state index in [9.17, 15) is 4.79 Å². The Morgan fingerprint density at radius 1 is 0.805 bits per heavy atom. The number of carbonyl (C=O) groups excluding carboxylic acids is 1. The molecule has 0 unspecified atom stereocenters. The van der Waals surface area contributed by atoms with Gasteiger partial charge in [-0.25, -0.2) is 4.68 Å². The van der Waals surface area contributed by atoms with E-state index in [-0.39, 0.29) is 11.7 Å². The Kier molecular flexibility index (Phi) is 7.88. The molecule has 0 radical (unpaired) electrons. The number of aromatic nitrogens is 6. The molecule has 0 atom stereocenters. The molecule has 202 valence electrons. The first-order chi connectivity index (χ1) is 20.1. The average molecular weight is 579 g/mol. The minimum Gasteiger partial charge on any atom is -0.486 e. The van der Waals surface area contributed by atoms with Crippen molar-refractivity contribution in [2.45, 2.75) is 18.3 Å². The molecule has 0 aliphatic carbocycles. The number of halogens is 1. The summed E-state index contributed by atoms with van der Waals surface area (Å²) in [5.41, 5.74) is 3.91. The fourth-order valence-electron chi connectivity index (χ4n) is 4.20. The second kappa shape index (κ2) is 12.2. The Morgan fingerprint density at radius 3 is 2.29 bits per heavy atom. The predicted molar refractivity (Wildman–Crippen MR) is 158 cm³/mol. The van der Waals surface area contributed by atoms with E-state index in [0.29, 0.717) is 39.6 Å². The number of hydrogen-bond donors (Lipinski definition) is 0. The highest BCUT2D eigenvalue weighted by molar-refractivity contribution is 8.14. The van der Waals surface area contributed by atoms with Gasteiger partial charge in [-0.15, -0.1) is 15.3 Å². The molecule has 0 aliphatic heterocycles. The average Bonchev–Trinajstić information content (AvgIpc) is 3.65. The Morgan fingerprint density at radius 2 is 1.51 bits per heavy atom. The van der Waals surface area contributed by atoms with Gasteiger partial charge in [0.1, 0.15) is 18.1 Å². The van der Waals surface area contributed by atoms with Crippen LogP contribution in [0.4, 0.5) is 0 Å². The van der Waals surface area contributed by atoms with E-state index in [0.717, 1.165) is 28.6 Å². The smallest absolute Gasteiger partial charge is 0.227 e. The number of thioether (sulfide) groups is 1. The second-order valence-corrected chi connectivity index (χ2v) is 10.4. The first kappa shape index (κ1) is 26.5. The topological polar surface area (TPSA) is 87.7 Å². The molecule has 0 saturated heterocycles. The van der Waals surface area contributed by atoms with Crippen molar-refractivity contribution in [2.75, 3.05) is 0 Å². The first-order valence-corrected chi connectivity index (χ1v) is 14.0. The highest BCUT2D eigenvalue weighted by Gasteiger charge is 2.21. The van der Waals surface area contributed by atoms with Gasteiger partial charge < -0.3 is 4.74 Å². The molecule has 8 nitrogen and oxygen atoms in total. The first-order valence-electron chi connectivity index (χ1n) is 12.8. The van der Waals surface area contributed by atoms with Crippen LogP contribution in [0.15, 0.2) is 121 Å². The summed E-state index contributed by atoms with van der Waals surface area (Å²) in [6.07, 6.45) is 1.81. The van der Waals surface area contributed by atoms with E-state index < -0.39 is 0 Å². The maximum absolute atomic E-state index is 13.0. The van der Waals surface area contributed by atoms with E-state index in [4.69, 9.17) is 16.3 Å². The van der Waals surface area contributed by atoms with Crippen molar-refractivity contribution in [3.8, 4) is 22.8 Å². The lowest BCUT2D eigenvalue weighted by molar-refractivity contribution is 0.108. The molecule has 2 heterocycles. The molecule has 0 spiro atoms. The van der Waals surface area contributed by atoms with Crippen molar-refractivity contribution in [3.63, 3.8) is 0 Å². The Hall–Kier alpha value is -4.73. The standard InChI is InChI=1S/C31H23ClN6O2S/c32-24-15-17-26(18-16-24)38-20-25(33-36-38)21-40-28-14-8-7-13-27(28)29-34-35-31(37(29)19-22-9-3-1-4-10-22)41-30(39)23-11-5-2-6-12-23/h1-18,20H,19,21H2. The van der Waals surface area contributed by atoms with Crippen molar-refractivity contribution in [3.05, 3.63) is 137 Å². The molecule has 2 aromatic heterocycles. The van der Waals surface area contributed by atoms with Crippen molar-refractivity contribution >= 4 is 28.5 Å². The molecule has 0 aliphatic rings. The number of rotatable bonds is 9. The summed E-state index contributed by atoms with van der Waals surface area (Å²) in [6.45, 7) is 0.683. The highest BCUT2D eigenvalue weighted by atomic mass is 35.5. The summed E-state index contributed by atoms with van der Waals surface area (Å²) >= 11 is 7.06. The third-order valence-electron chi connectivity index (χ3n) is 6.23. The quantitative estimate of drug-likeness (QED) is 0.176. The summed E-state index contributed by atoms with van der Waals surface area (Å²) in [5.74, 6) is 1.21. The molecule has 6 rings (SSSR count). The Labute approximate surface area is 245 Å². The van der Waals surface area contributed by atoms with Gasteiger partial charge >= 0.3 is 0 Å². The van der Waals surface area contributed by atoms with Crippen LogP contribution in [0.25, 0.3) is 17.1 Å². The SMILES string of the molecule is O=C(Sc1nnc(-c2ccccc2OCc2cn(-c3ccc(Cl)cc3)nn2)n1Cc1ccccc1)c1ccccc1. The summed E-state index contributed by atoms with van der Waals surface area (Å²) in [7, 11) is 0. The van der Waals surface area contributed by atoms with Crippen molar-refractivity contribution in [2.24, 2.45) is 0 Å². The van der Waals surface area contributed by atoms with Crippen LogP contribution in [0, 0.1) is 0 Å². The van der Waals surface area contributed by atoms with Crippen molar-refractivity contribution < 1.29 is 9.53 Å². The molecule has 41 heavy (non-hydrogen) atoms. The van der Waals surface area contributed by atoms with Crippen LogP contribution in [-0.4, -0.2) is 34.9 Å². The number of ether oxygens (including phenoxy) is 1. The van der Waals surface area contributed by atoms with Gasteiger partial charge in [0.15, 0.2) is 11.0 Å². The van der Waals surface area contributed by atoms with Crippen LogP contribution in [0.3, 0.4) is 0 Å². The molecule has 0 fully saturated rings. The molecular formula is C31H23ClN6O2S. The molecule has 6 aromatic rings. The van der Waals surface area contributed by atoms with E-state index in [2.05, 4.69) is 20.5 Å². The molecule has 10 heteroatoms. The highest BCUT2D eigenvalue weighted by Crippen LogP contribution is 2.33. The summed E-state index contributed by atoms with van der Waals surface area (Å²) in [6, 6.07) is 34.1. The molecule has 0 saturated carbocycles. The van der Waals surface area contributed by atoms with Crippen LogP contribution in [0.1, 0.15) is 21.6 Å². The number of hydrogen-bond acceptors (Lipinski definition) is 7. The van der Waals surface area contributed by atoms with E-state index in [1.54, 1.807) is 28.9 Å². The molecule has 4 aromatic carbocycles. The number of benzene rings is 4. The second-order valence-electron chi connectivity index (χ2n) is 9.05. The lowest BCUT2D eigenvalue weighted by Crippen LogP contribution is -2.06. The van der Waals surface area contributed by atoms with Crippen molar-refractivity contribution in [1.29, 1.82) is 0 Å². The van der Waals surface area contributed by atoms with Gasteiger partial charge in [-0.1, -0.05) is 89.6 Å². The molecule has 0 amide bonds. The molecule has 0 N–H and O–H groups in total. The normalized spacial score (nSPS) is 11.0. The maximum atomic E-state index is 13.0. The minimum atomic E-state index is -0.104. The van der Waals surface area contributed by atoms with E-state index in [1.165, 1.54) is 0 Å². The predicted octanol–water partition coefficient (Wildman–Crippen LogP) is 6.74. The Balaban J connectivity index is 1.28. The summed E-state index contributed by atoms with van der Waals surface area (Å²) < 4.78 is 9.83. The summed E-state index contributed by atoms with van der Waals surface area (Å²) in [5, 5.41) is 18.4. The number of nitrogens with zero attached hydrogens (tertiary/aromatic N) is 6. The van der Waals surface area contributed by atoms with E-state index in [1.807, 2.05) is 95.7 Å². The van der Waals surface area contributed by atoms with E-state index >= 15 is 0 Å². The largest absolute Gasteiger partial charge is 0.486 e. The zero-order chi connectivity index (χ0) is 28.0. The van der Waals surface area contributed by atoms with Crippen LogP contribution in [0.5, 0.6) is 5.75 Å². The van der Waals surface area contributed by atoms with Crippen LogP contribution in [0.2, 0.25) is 5.02 Å². The van der Waals surface area contributed by atoms with Crippen LogP contribution < -0.4 is 4.74 Å². The van der Waals surface area contributed by atoms with Gasteiger partial charge in [0, 0.05) is 10.6 Å². The van der Waals surface area contributed by atoms with Crippen LogP contribution in [-0.2, 0) is 13.2 Å². The van der Waals surface area contributed by atoms with Gasteiger partial charge in [-0.05, 0) is 53.7 Å². The van der Waals surface area contributed by atoms with Gasteiger partial charge in [0.25, 0.3) is 0 Å². The zero-order valence-electron chi connectivity index (χ0n) is 21.7. The van der Waals surface area contributed by atoms with Gasteiger partial charge in [-0.3, -0.25) is 9.36 Å². The van der Waals surface area contributed by atoms with Crippen molar-refractivity contribution in [1.82, 2.24) is 29.8 Å². The van der Waals surface area contributed by atoms with Gasteiger partial charge in [0.2, 0.25) is 5.12 Å². The fraction of sp³-hybridized carbons (Fsp3) is 0.0645. The Bertz CT molecular complexity index is 1770. The third kappa shape index (κ3) is 6.21. The number of carbonyl (C=O) groups is 1. The van der Waals surface area contributed by atoms with Crippen LogP contribution >= 0.6 is 23.4 Å². The lowest BCUT2D eigenvalue weighted by atomic mass is 10.1. The fourth-order valence-corrected chi connectivity index (χ4v) is 5.09. The summed E-state index contributed by atoms with van der Waals surface area (Å²) in [4.78, 5) is 13.0. The van der Waals surface area contributed by atoms with Gasteiger partial charge in [-0.2, -0.15) is 0 Å². The number of para-hydroxylation sites is 1. The monoisotopic (exact) mass is 578 g/mol. The maximum Gasteiger partial charge on any atom is 0.227 e.